The normalized spacial score (nSPS) is 16.1. The van der Waals surface area contributed by atoms with Gasteiger partial charge >= 0.3 is 0 Å². The number of benzene rings is 2. The van der Waals surface area contributed by atoms with Crippen molar-refractivity contribution in [3.05, 3.63) is 92.0 Å². The Bertz CT molecular complexity index is 1950. The van der Waals surface area contributed by atoms with Crippen molar-refractivity contribution < 1.29 is 21.2 Å². The number of hydrogen-bond donors (Lipinski definition) is 3. The van der Waals surface area contributed by atoms with Gasteiger partial charge in [0.05, 0.1) is 18.1 Å². The van der Waals surface area contributed by atoms with E-state index in [1.807, 2.05) is 0 Å². The van der Waals surface area contributed by atoms with E-state index in [-0.39, 0.29) is 34.3 Å². The highest BCUT2D eigenvalue weighted by atomic mass is 32.2. The Balaban J connectivity index is 1.65. The second-order valence-electron chi connectivity index (χ2n) is 8.31. The molecule has 2 aromatic carbocycles. The van der Waals surface area contributed by atoms with E-state index in [2.05, 4.69) is 19.9 Å². The molecule has 0 amide bonds. The lowest BCUT2D eigenvalue weighted by Gasteiger charge is -2.23. The van der Waals surface area contributed by atoms with Crippen LogP contribution in [0.1, 0.15) is 5.56 Å². The first-order valence-electron chi connectivity index (χ1n) is 10.7. The van der Waals surface area contributed by atoms with Gasteiger partial charge in [-0.1, -0.05) is 12.1 Å². The lowest BCUT2D eigenvalue weighted by Crippen LogP contribution is -2.53. The molecular weight excluding hydrogens is 527 g/mol. The summed E-state index contributed by atoms with van der Waals surface area (Å²) in [5.74, 6) is -0.761. The summed E-state index contributed by atoms with van der Waals surface area (Å²) in [6, 6.07) is 11.0. The van der Waals surface area contributed by atoms with Crippen molar-refractivity contribution in [3.63, 3.8) is 0 Å². The fraction of sp³-hybridized carbons (Fsp3) is 0.136. The zero-order valence-corrected chi connectivity index (χ0v) is 20.7. The first-order chi connectivity index (χ1) is 17.4. The van der Waals surface area contributed by atoms with Crippen LogP contribution in [-0.4, -0.2) is 37.3 Å². The number of fused-ring (bicyclic) bond motifs is 2. The number of rotatable bonds is 5. The lowest BCUT2D eigenvalue weighted by atomic mass is 10.1. The van der Waals surface area contributed by atoms with Crippen LogP contribution in [0.4, 0.5) is 15.8 Å². The smallest absolute Gasteiger partial charge is 0.289 e. The number of hydrogen-bond acceptors (Lipinski definition) is 8. The summed E-state index contributed by atoms with van der Waals surface area (Å²) in [4.78, 5) is 26.4. The summed E-state index contributed by atoms with van der Waals surface area (Å²) in [5, 5.41) is 6.25. The highest BCUT2D eigenvalue weighted by molar-refractivity contribution is 7.92. The van der Waals surface area contributed by atoms with E-state index in [1.165, 1.54) is 41.1 Å². The molecule has 15 heteroatoms. The van der Waals surface area contributed by atoms with Gasteiger partial charge in [0.15, 0.2) is 0 Å². The number of aromatic nitrogens is 3. The minimum Gasteiger partial charge on any atom is -0.339 e. The lowest BCUT2D eigenvalue weighted by molar-refractivity contribution is 0.589. The molecule has 1 aliphatic heterocycles. The molecule has 192 valence electrons. The van der Waals surface area contributed by atoms with Crippen LogP contribution in [0.5, 0.6) is 0 Å². The van der Waals surface area contributed by atoms with Crippen molar-refractivity contribution >= 4 is 42.9 Å². The molecule has 5 rings (SSSR count). The van der Waals surface area contributed by atoms with E-state index < -0.39 is 42.2 Å². The summed E-state index contributed by atoms with van der Waals surface area (Å²) in [6.45, 7) is 0.101. The van der Waals surface area contributed by atoms with Gasteiger partial charge < -0.3 is 5.32 Å². The fourth-order valence-corrected chi connectivity index (χ4v) is 5.78. The molecule has 2 aromatic heterocycles. The van der Waals surface area contributed by atoms with Gasteiger partial charge in [-0.2, -0.15) is 9.61 Å². The van der Waals surface area contributed by atoms with Crippen molar-refractivity contribution in [3.8, 4) is 0 Å². The third-order valence-corrected chi connectivity index (χ3v) is 7.62. The van der Waals surface area contributed by atoms with Crippen LogP contribution in [0.2, 0.25) is 0 Å². The van der Waals surface area contributed by atoms with Crippen molar-refractivity contribution in [1.29, 1.82) is 0 Å². The molecule has 0 saturated heterocycles. The second kappa shape index (κ2) is 8.70. The number of halogens is 1. The van der Waals surface area contributed by atoms with Gasteiger partial charge in [-0.3, -0.25) is 23.6 Å². The van der Waals surface area contributed by atoms with E-state index >= 15 is 0 Å². The summed E-state index contributed by atoms with van der Waals surface area (Å²) in [7, 11) is -7.96. The van der Waals surface area contributed by atoms with Crippen LogP contribution in [-0.2, 0) is 33.0 Å². The SMILES string of the molecule is CS(=O)(=O)Nc1ccc2c(c1)S(=O)(=O)N/C(=c1/c(=O)n(CCc3ccc(F)cc3)c3ccnn3c1=O)N2. The second-order valence-corrected chi connectivity index (χ2v) is 11.7. The summed E-state index contributed by atoms with van der Waals surface area (Å²) < 4.78 is 69.0. The topological polar surface area (TPSA) is 161 Å². The summed E-state index contributed by atoms with van der Waals surface area (Å²) in [6.07, 6.45) is 2.58. The first kappa shape index (κ1) is 24.5. The van der Waals surface area contributed by atoms with Crippen LogP contribution in [0.3, 0.4) is 0 Å². The molecular formula is C22H19FN6O6S2. The van der Waals surface area contributed by atoms with Gasteiger partial charge in [0.2, 0.25) is 10.0 Å². The number of anilines is 2. The summed E-state index contributed by atoms with van der Waals surface area (Å²) >= 11 is 0. The quantitative estimate of drug-likeness (QED) is 0.310. The zero-order valence-electron chi connectivity index (χ0n) is 19.1. The molecule has 0 saturated carbocycles. The Hall–Kier alpha value is -4.24. The zero-order chi connectivity index (χ0) is 26.5. The largest absolute Gasteiger partial charge is 0.339 e. The molecule has 1 aliphatic rings. The molecule has 3 heterocycles. The van der Waals surface area contributed by atoms with Crippen LogP contribution >= 0.6 is 0 Å². The van der Waals surface area contributed by atoms with Crippen LogP contribution in [0.25, 0.3) is 11.5 Å². The van der Waals surface area contributed by atoms with Crippen molar-refractivity contribution in [2.45, 2.75) is 17.9 Å². The van der Waals surface area contributed by atoms with Crippen molar-refractivity contribution in [1.82, 2.24) is 18.9 Å². The Kier molecular flexibility index (Phi) is 5.75. The monoisotopic (exact) mass is 546 g/mol. The average Bonchev–Trinajstić information content (AvgIpc) is 3.29. The first-order valence-corrected chi connectivity index (χ1v) is 14.1. The maximum absolute atomic E-state index is 13.5. The van der Waals surface area contributed by atoms with Gasteiger partial charge in [-0.15, -0.1) is 0 Å². The van der Waals surface area contributed by atoms with E-state index in [0.717, 1.165) is 22.4 Å². The third kappa shape index (κ3) is 4.65. The predicted octanol–water partition coefficient (Wildman–Crippen LogP) is -0.202. The Morgan fingerprint density at radius 3 is 2.49 bits per heavy atom. The maximum Gasteiger partial charge on any atom is 0.289 e. The molecule has 0 unspecified atom stereocenters. The predicted molar refractivity (Wildman–Crippen MR) is 133 cm³/mol. The Labute approximate surface area is 209 Å². The third-order valence-electron chi connectivity index (χ3n) is 5.62. The van der Waals surface area contributed by atoms with Crippen LogP contribution < -0.4 is 31.1 Å². The molecule has 12 nitrogen and oxygen atoms in total. The molecule has 0 atom stereocenters. The highest BCUT2D eigenvalue weighted by Crippen LogP contribution is 2.30. The minimum atomic E-state index is -4.30. The molecule has 0 spiro atoms. The van der Waals surface area contributed by atoms with Crippen molar-refractivity contribution in [2.24, 2.45) is 0 Å². The van der Waals surface area contributed by atoms with Gasteiger partial charge in [-0.05, 0) is 42.3 Å². The van der Waals surface area contributed by atoms with E-state index in [1.54, 1.807) is 12.1 Å². The number of nitrogens with one attached hydrogen (secondary N) is 3. The molecule has 37 heavy (non-hydrogen) atoms. The van der Waals surface area contributed by atoms with E-state index in [0.29, 0.717) is 6.42 Å². The Morgan fingerprint density at radius 1 is 1.05 bits per heavy atom. The van der Waals surface area contributed by atoms with E-state index in [9.17, 15) is 30.8 Å². The fourth-order valence-electron chi connectivity index (χ4n) is 4.00. The standard InChI is InChI=1S/C22H19FN6O6S2/c1-36(32,33)26-15-6-7-16-17(12-15)37(34,35)27-20(25-16)19-21(30)28(18-8-10-24-29(18)22(19)31)11-9-13-2-4-14(23)5-3-13/h2-8,10,12,25-27H,9,11H2,1H3/b20-19-. The van der Waals surface area contributed by atoms with E-state index in [4.69, 9.17) is 0 Å². The number of nitrogens with zero attached hydrogens (tertiary/aromatic N) is 3. The summed E-state index contributed by atoms with van der Waals surface area (Å²) in [5.41, 5.74) is -0.601. The highest BCUT2D eigenvalue weighted by Gasteiger charge is 2.28. The molecule has 0 radical (unpaired) electrons. The number of aryl methyl sites for hydroxylation is 2. The molecule has 3 N–H and O–H groups in total. The number of sulfonamides is 2. The molecule has 0 fully saturated rings. The minimum absolute atomic E-state index is 0.0162. The van der Waals surface area contributed by atoms with Gasteiger partial charge in [0.1, 0.15) is 27.4 Å². The van der Waals surface area contributed by atoms with Gasteiger partial charge in [0.25, 0.3) is 21.1 Å². The molecule has 0 aliphatic carbocycles. The van der Waals surface area contributed by atoms with Crippen molar-refractivity contribution in [2.75, 3.05) is 16.3 Å². The maximum atomic E-state index is 13.5. The van der Waals surface area contributed by atoms with Crippen LogP contribution in [0.15, 0.2) is 69.2 Å². The molecule has 4 aromatic rings. The molecule has 0 bridgehead atoms. The van der Waals surface area contributed by atoms with Gasteiger partial charge in [0, 0.05) is 18.3 Å². The Morgan fingerprint density at radius 2 is 1.78 bits per heavy atom. The average molecular weight is 547 g/mol. The van der Waals surface area contributed by atoms with Gasteiger partial charge in [-0.25, -0.2) is 21.2 Å². The van der Waals surface area contributed by atoms with Crippen LogP contribution in [0, 0.1) is 5.82 Å².